The number of sulfonamides is 1. The third-order valence-electron chi connectivity index (χ3n) is 6.74. The molecule has 0 fully saturated rings. The zero-order valence-electron chi connectivity index (χ0n) is 21.8. The van der Waals surface area contributed by atoms with Crippen molar-refractivity contribution in [3.63, 3.8) is 0 Å². The molecule has 0 saturated carbocycles. The molecular weight excluding hydrogens is 528 g/mol. The molecule has 8 nitrogen and oxygen atoms in total. The highest BCUT2D eigenvalue weighted by atomic mass is 32.2. The molecule has 1 heterocycles. The number of nitrogens with one attached hydrogen (secondary N) is 1. The highest BCUT2D eigenvalue weighted by Gasteiger charge is 2.38. The van der Waals surface area contributed by atoms with E-state index in [9.17, 15) is 27.1 Å². The first-order valence-electron chi connectivity index (χ1n) is 12.5. The fourth-order valence-electron chi connectivity index (χ4n) is 4.37. The summed E-state index contributed by atoms with van der Waals surface area (Å²) in [5, 5.41) is 12.5. The van der Waals surface area contributed by atoms with Crippen LogP contribution >= 0.6 is 0 Å². The van der Waals surface area contributed by atoms with Crippen LogP contribution in [0.4, 0.5) is 19.3 Å². The van der Waals surface area contributed by atoms with Crippen LogP contribution in [0.2, 0.25) is 0 Å². The number of nitrogens with zero attached hydrogens (tertiary/aromatic N) is 2. The summed E-state index contributed by atoms with van der Waals surface area (Å²) in [6.07, 6.45) is -0.625. The summed E-state index contributed by atoms with van der Waals surface area (Å²) in [7, 11) is -2.46. The largest absolute Gasteiger partial charge is 0.487 e. The van der Waals surface area contributed by atoms with Gasteiger partial charge in [0.15, 0.2) is 0 Å². The highest BCUT2D eigenvalue weighted by molar-refractivity contribution is 7.89. The Bertz CT molecular complexity index is 1420. The van der Waals surface area contributed by atoms with E-state index in [0.29, 0.717) is 16.8 Å². The number of likely N-dealkylation sites (N-methyl/N-ethyl adjacent to an activating group) is 1. The van der Waals surface area contributed by atoms with Crippen LogP contribution in [0.15, 0.2) is 71.6 Å². The second kappa shape index (κ2) is 11.7. The van der Waals surface area contributed by atoms with Crippen LogP contribution in [0.1, 0.15) is 13.8 Å². The molecule has 0 unspecified atom stereocenters. The van der Waals surface area contributed by atoms with Gasteiger partial charge in [-0.15, -0.1) is 0 Å². The Morgan fingerprint density at radius 3 is 2.28 bits per heavy atom. The van der Waals surface area contributed by atoms with E-state index in [1.165, 1.54) is 51.7 Å². The lowest BCUT2D eigenvalue weighted by atomic mass is 10.0. The number of carbonyl (C=O) groups is 1. The van der Waals surface area contributed by atoms with Crippen LogP contribution in [0, 0.1) is 17.6 Å². The van der Waals surface area contributed by atoms with Crippen molar-refractivity contribution in [3.05, 3.63) is 78.4 Å². The lowest BCUT2D eigenvalue weighted by Gasteiger charge is -2.37. The van der Waals surface area contributed by atoms with Crippen molar-refractivity contribution < 1.29 is 31.8 Å². The van der Waals surface area contributed by atoms with Crippen molar-refractivity contribution in [2.45, 2.75) is 30.9 Å². The Morgan fingerprint density at radius 1 is 1.08 bits per heavy atom. The van der Waals surface area contributed by atoms with Gasteiger partial charge in [0, 0.05) is 31.2 Å². The number of urea groups is 1. The number of hydrogen-bond acceptors (Lipinski definition) is 5. The Labute approximate surface area is 226 Å². The molecule has 0 aliphatic carbocycles. The molecule has 0 aromatic heterocycles. The van der Waals surface area contributed by atoms with Gasteiger partial charge in [-0.1, -0.05) is 25.1 Å². The Balaban J connectivity index is 1.68. The van der Waals surface area contributed by atoms with Crippen molar-refractivity contribution in [2.75, 3.05) is 32.1 Å². The highest BCUT2D eigenvalue weighted by Crippen LogP contribution is 2.36. The first-order valence-corrected chi connectivity index (χ1v) is 13.9. The van der Waals surface area contributed by atoms with Gasteiger partial charge in [0.2, 0.25) is 10.0 Å². The lowest BCUT2D eigenvalue weighted by molar-refractivity contribution is 0.0830. The molecule has 11 heteroatoms. The van der Waals surface area contributed by atoms with Crippen molar-refractivity contribution in [1.29, 1.82) is 0 Å². The van der Waals surface area contributed by atoms with Gasteiger partial charge in [-0.3, -0.25) is 0 Å². The number of aliphatic hydroxyl groups is 1. The summed E-state index contributed by atoms with van der Waals surface area (Å²) < 4.78 is 61.6. The number of halogens is 2. The second-order valence-corrected chi connectivity index (χ2v) is 11.6. The molecule has 0 saturated heterocycles. The van der Waals surface area contributed by atoms with Crippen LogP contribution < -0.4 is 10.1 Å². The maximum atomic E-state index is 13.7. The minimum Gasteiger partial charge on any atom is -0.487 e. The summed E-state index contributed by atoms with van der Waals surface area (Å²) in [4.78, 5) is 14.2. The van der Waals surface area contributed by atoms with Crippen LogP contribution in [-0.4, -0.2) is 67.7 Å². The molecule has 0 radical (unpaired) electrons. The van der Waals surface area contributed by atoms with E-state index in [4.69, 9.17) is 4.74 Å². The maximum Gasteiger partial charge on any atom is 0.321 e. The number of carbonyl (C=O) groups excluding carboxylic acids is 1. The predicted molar refractivity (Wildman–Crippen MR) is 144 cm³/mol. The molecular formula is C28H31F2N3O5S. The number of amides is 2. The number of benzene rings is 3. The number of ether oxygens (including phenoxy) is 1. The average Bonchev–Trinajstić information content (AvgIpc) is 2.91. The van der Waals surface area contributed by atoms with Crippen molar-refractivity contribution >= 4 is 21.7 Å². The smallest absolute Gasteiger partial charge is 0.321 e. The normalized spacial score (nSPS) is 19.6. The van der Waals surface area contributed by atoms with E-state index in [0.717, 1.165) is 0 Å². The summed E-state index contributed by atoms with van der Waals surface area (Å²) in [5.74, 6) is -1.10. The van der Waals surface area contributed by atoms with Gasteiger partial charge >= 0.3 is 6.03 Å². The van der Waals surface area contributed by atoms with Gasteiger partial charge in [-0.2, -0.15) is 4.31 Å². The first kappa shape index (κ1) is 28.5. The lowest BCUT2D eigenvalue weighted by Crippen LogP contribution is -2.50. The third kappa shape index (κ3) is 6.38. The zero-order valence-corrected chi connectivity index (χ0v) is 22.7. The summed E-state index contributed by atoms with van der Waals surface area (Å²) in [6, 6.07) is 14.7. The molecule has 3 atom stereocenters. The molecule has 1 aliphatic rings. The average molecular weight is 560 g/mol. The predicted octanol–water partition coefficient (Wildman–Crippen LogP) is 4.56. The van der Waals surface area contributed by atoms with Crippen LogP contribution in [0.3, 0.4) is 0 Å². The van der Waals surface area contributed by atoms with Crippen molar-refractivity contribution in [3.8, 4) is 16.9 Å². The second-order valence-electron chi connectivity index (χ2n) is 9.73. The Hall–Kier alpha value is -3.54. The van der Waals surface area contributed by atoms with E-state index in [1.54, 1.807) is 38.2 Å². The van der Waals surface area contributed by atoms with E-state index >= 15 is 0 Å². The van der Waals surface area contributed by atoms with Gasteiger partial charge in [0.25, 0.3) is 0 Å². The molecule has 2 amide bonds. The van der Waals surface area contributed by atoms with Crippen LogP contribution in [0.25, 0.3) is 11.1 Å². The minimum absolute atomic E-state index is 0.0568. The number of hydrogen-bond donors (Lipinski definition) is 2. The van der Waals surface area contributed by atoms with Crippen LogP contribution in [0.5, 0.6) is 5.75 Å². The van der Waals surface area contributed by atoms with Crippen molar-refractivity contribution in [2.24, 2.45) is 5.92 Å². The van der Waals surface area contributed by atoms with E-state index in [2.05, 4.69) is 5.32 Å². The van der Waals surface area contributed by atoms with Gasteiger partial charge < -0.3 is 20.1 Å². The number of rotatable bonds is 6. The molecule has 4 rings (SSSR count). The first-order chi connectivity index (χ1) is 18.5. The molecule has 0 bridgehead atoms. The third-order valence-corrected chi connectivity index (χ3v) is 8.76. The van der Waals surface area contributed by atoms with Gasteiger partial charge in [0.05, 0.1) is 13.2 Å². The molecule has 3 aromatic rings. The topological polar surface area (TPSA) is 99.2 Å². The van der Waals surface area contributed by atoms with Crippen molar-refractivity contribution in [1.82, 2.24) is 9.21 Å². The van der Waals surface area contributed by atoms with Gasteiger partial charge in [-0.25, -0.2) is 22.0 Å². The monoisotopic (exact) mass is 559 g/mol. The standard InChI is InChI=1S/C28H31F2N3O5S/c1-18-15-33(19(2)17-34)39(36,37)27-13-6-21(20-4-7-22(29)8-5-20)14-25(27)38-26(18)16-32(3)28(35)31-24-11-9-23(30)10-12-24/h4-14,18-19,26,34H,15-17H2,1-3H3,(H,31,35)/t18-,19+,26+/m0/s1. The summed E-state index contributed by atoms with van der Waals surface area (Å²) in [5.41, 5.74) is 1.71. The fraction of sp³-hybridized carbons (Fsp3) is 0.321. The minimum atomic E-state index is -4.04. The Kier molecular flexibility index (Phi) is 8.53. The molecule has 3 aromatic carbocycles. The molecule has 39 heavy (non-hydrogen) atoms. The molecule has 1 aliphatic heterocycles. The Morgan fingerprint density at radius 2 is 1.67 bits per heavy atom. The van der Waals surface area contributed by atoms with Crippen LogP contribution in [-0.2, 0) is 10.0 Å². The molecule has 2 N–H and O–H groups in total. The summed E-state index contributed by atoms with van der Waals surface area (Å²) in [6.45, 7) is 3.23. The maximum absolute atomic E-state index is 13.7. The quantitative estimate of drug-likeness (QED) is 0.461. The number of anilines is 1. The molecule has 208 valence electrons. The van der Waals surface area contributed by atoms with Gasteiger partial charge in [-0.05, 0) is 66.6 Å². The summed E-state index contributed by atoms with van der Waals surface area (Å²) >= 11 is 0. The number of aliphatic hydroxyl groups excluding tert-OH is 1. The van der Waals surface area contributed by atoms with E-state index < -0.39 is 39.8 Å². The number of fused-ring (bicyclic) bond motifs is 1. The SMILES string of the molecule is C[C@H](CO)N1C[C@H](C)[C@@H](CN(C)C(=O)Nc2ccc(F)cc2)Oc2cc(-c3ccc(F)cc3)ccc2S1(=O)=O. The fourth-order valence-corrected chi connectivity index (χ4v) is 6.20. The zero-order chi connectivity index (χ0) is 28.3. The van der Waals surface area contributed by atoms with E-state index in [1.807, 2.05) is 6.92 Å². The molecule has 0 spiro atoms. The van der Waals surface area contributed by atoms with Gasteiger partial charge in [0.1, 0.15) is 28.4 Å². The van der Waals surface area contributed by atoms with E-state index in [-0.39, 0.29) is 36.3 Å².